The third-order valence-corrected chi connectivity index (χ3v) is 5.91. The summed E-state index contributed by atoms with van der Waals surface area (Å²) in [6.07, 6.45) is 1.91. The van der Waals surface area contributed by atoms with Crippen molar-refractivity contribution in [3.8, 4) is 11.5 Å². The average molecular weight is 445 g/mol. The van der Waals surface area contributed by atoms with Crippen molar-refractivity contribution in [3.05, 3.63) is 58.6 Å². The number of para-hydroxylation sites is 1. The van der Waals surface area contributed by atoms with Crippen molar-refractivity contribution in [1.29, 1.82) is 0 Å². The Hall–Kier alpha value is -2.73. The Morgan fingerprint density at radius 2 is 1.90 bits per heavy atom. The standard InChI is InChI=1S/C24H29ClN2O4/c1-4-5-12-26-23(28)20-15-27(24(29)16-8-6-9-17(25)13-16)14-19(20)18-10-7-11-21(30-2)22(18)31-3/h6-11,13,19-20H,4-5,12,14-15H2,1-3H3,(H,26,28). The molecular formula is C24H29ClN2O4. The van der Waals surface area contributed by atoms with E-state index in [2.05, 4.69) is 12.2 Å². The molecule has 1 aliphatic heterocycles. The molecule has 0 bridgehead atoms. The second kappa shape index (κ2) is 10.5. The number of nitrogens with zero attached hydrogens (tertiary/aromatic N) is 1. The predicted octanol–water partition coefficient (Wildman–Crippen LogP) is 4.13. The van der Waals surface area contributed by atoms with E-state index >= 15 is 0 Å². The molecule has 1 N–H and O–H groups in total. The molecule has 1 saturated heterocycles. The van der Waals surface area contributed by atoms with Crippen LogP contribution in [0.15, 0.2) is 42.5 Å². The molecule has 1 fully saturated rings. The zero-order valence-electron chi connectivity index (χ0n) is 18.2. The summed E-state index contributed by atoms with van der Waals surface area (Å²) in [7, 11) is 3.17. The van der Waals surface area contributed by atoms with Crippen molar-refractivity contribution >= 4 is 23.4 Å². The summed E-state index contributed by atoms with van der Waals surface area (Å²) in [5, 5.41) is 3.53. The zero-order valence-corrected chi connectivity index (χ0v) is 18.9. The lowest BCUT2D eigenvalue weighted by atomic mass is 9.87. The first-order valence-corrected chi connectivity index (χ1v) is 10.9. The number of rotatable bonds is 8. The van der Waals surface area contributed by atoms with Crippen molar-refractivity contribution in [2.75, 3.05) is 33.9 Å². The van der Waals surface area contributed by atoms with Gasteiger partial charge in [0.05, 0.1) is 20.1 Å². The van der Waals surface area contributed by atoms with E-state index in [0.29, 0.717) is 41.7 Å². The molecule has 2 aromatic carbocycles. The lowest BCUT2D eigenvalue weighted by Crippen LogP contribution is -2.36. The molecule has 2 unspecified atom stereocenters. The molecule has 1 aliphatic rings. The highest BCUT2D eigenvalue weighted by atomic mass is 35.5. The van der Waals surface area contributed by atoms with E-state index in [1.807, 2.05) is 18.2 Å². The van der Waals surface area contributed by atoms with Gasteiger partial charge in [0.25, 0.3) is 5.91 Å². The van der Waals surface area contributed by atoms with E-state index in [4.69, 9.17) is 21.1 Å². The highest BCUT2D eigenvalue weighted by Gasteiger charge is 2.42. The molecule has 0 spiro atoms. The van der Waals surface area contributed by atoms with Gasteiger partial charge in [-0.2, -0.15) is 0 Å². The second-order valence-electron chi connectivity index (χ2n) is 7.66. The van der Waals surface area contributed by atoms with Crippen LogP contribution in [0.2, 0.25) is 5.02 Å². The number of benzene rings is 2. The smallest absolute Gasteiger partial charge is 0.253 e. The molecule has 0 aromatic heterocycles. The minimum atomic E-state index is -0.388. The van der Waals surface area contributed by atoms with E-state index in [-0.39, 0.29) is 23.7 Å². The quantitative estimate of drug-likeness (QED) is 0.621. The van der Waals surface area contributed by atoms with Crippen LogP contribution in [0, 0.1) is 5.92 Å². The highest BCUT2D eigenvalue weighted by molar-refractivity contribution is 6.30. The SMILES string of the molecule is CCCCNC(=O)C1CN(C(=O)c2cccc(Cl)c2)CC1c1cccc(OC)c1OC. The van der Waals surface area contributed by atoms with Crippen LogP contribution in [0.25, 0.3) is 0 Å². The Bertz CT molecular complexity index is 934. The molecule has 0 aliphatic carbocycles. The topological polar surface area (TPSA) is 67.9 Å². The number of hydrogen-bond acceptors (Lipinski definition) is 4. The van der Waals surface area contributed by atoms with Gasteiger partial charge in [-0.3, -0.25) is 9.59 Å². The molecule has 31 heavy (non-hydrogen) atoms. The van der Waals surface area contributed by atoms with Crippen molar-refractivity contribution in [3.63, 3.8) is 0 Å². The molecule has 166 valence electrons. The Balaban J connectivity index is 1.93. The number of unbranched alkanes of at least 4 members (excludes halogenated alkanes) is 1. The van der Waals surface area contributed by atoms with E-state index in [9.17, 15) is 9.59 Å². The molecule has 3 rings (SSSR count). The summed E-state index contributed by atoms with van der Waals surface area (Å²) in [4.78, 5) is 28.0. The Morgan fingerprint density at radius 3 is 2.58 bits per heavy atom. The lowest BCUT2D eigenvalue weighted by Gasteiger charge is -2.21. The summed E-state index contributed by atoms with van der Waals surface area (Å²) < 4.78 is 11.1. The summed E-state index contributed by atoms with van der Waals surface area (Å²) in [5.41, 5.74) is 1.37. The maximum absolute atomic E-state index is 13.2. The van der Waals surface area contributed by atoms with E-state index in [1.165, 1.54) is 0 Å². The summed E-state index contributed by atoms with van der Waals surface area (Å²) in [5.74, 6) is 0.405. The molecule has 6 nitrogen and oxygen atoms in total. The largest absolute Gasteiger partial charge is 0.493 e. The molecule has 0 saturated carbocycles. The Kier molecular flexibility index (Phi) is 7.80. The number of nitrogens with one attached hydrogen (secondary N) is 1. The lowest BCUT2D eigenvalue weighted by molar-refractivity contribution is -0.124. The minimum Gasteiger partial charge on any atom is -0.493 e. The molecule has 0 radical (unpaired) electrons. The number of methoxy groups -OCH3 is 2. The summed E-state index contributed by atoms with van der Waals surface area (Å²) >= 11 is 6.08. The van der Waals surface area contributed by atoms with Crippen LogP contribution in [0.4, 0.5) is 0 Å². The normalized spacial score (nSPS) is 18.0. The number of ether oxygens (including phenoxy) is 2. The van der Waals surface area contributed by atoms with Crippen LogP contribution in [0.3, 0.4) is 0 Å². The molecule has 2 aromatic rings. The molecule has 7 heteroatoms. The van der Waals surface area contributed by atoms with Gasteiger partial charge in [0.1, 0.15) is 0 Å². The fourth-order valence-corrected chi connectivity index (χ4v) is 4.27. The first-order valence-electron chi connectivity index (χ1n) is 10.5. The number of carbonyl (C=O) groups is 2. The Morgan fingerprint density at radius 1 is 1.13 bits per heavy atom. The van der Waals surface area contributed by atoms with Crippen LogP contribution in [0.5, 0.6) is 11.5 Å². The second-order valence-corrected chi connectivity index (χ2v) is 8.10. The first kappa shape index (κ1) is 22.9. The van der Waals surface area contributed by atoms with Gasteiger partial charge in [0.2, 0.25) is 5.91 Å². The number of carbonyl (C=O) groups excluding carboxylic acids is 2. The van der Waals surface area contributed by atoms with Crippen LogP contribution in [-0.2, 0) is 4.79 Å². The maximum Gasteiger partial charge on any atom is 0.253 e. The van der Waals surface area contributed by atoms with Crippen LogP contribution in [0.1, 0.15) is 41.6 Å². The van der Waals surface area contributed by atoms with Gasteiger partial charge in [-0.1, -0.05) is 43.1 Å². The van der Waals surface area contributed by atoms with E-state index in [0.717, 1.165) is 18.4 Å². The van der Waals surface area contributed by atoms with E-state index in [1.54, 1.807) is 43.4 Å². The van der Waals surface area contributed by atoms with Crippen LogP contribution < -0.4 is 14.8 Å². The predicted molar refractivity (Wildman–Crippen MR) is 121 cm³/mol. The zero-order chi connectivity index (χ0) is 22.4. The fourth-order valence-electron chi connectivity index (χ4n) is 4.08. The minimum absolute atomic E-state index is 0.0512. The number of halogens is 1. The van der Waals surface area contributed by atoms with Gasteiger partial charge in [-0.25, -0.2) is 0 Å². The summed E-state index contributed by atoms with van der Waals surface area (Å²) in [6.45, 7) is 3.43. The molecule has 2 atom stereocenters. The average Bonchev–Trinajstić information content (AvgIpc) is 3.23. The van der Waals surface area contributed by atoms with Gasteiger partial charge in [-0.05, 0) is 30.7 Å². The van der Waals surface area contributed by atoms with Crippen molar-refractivity contribution in [2.45, 2.75) is 25.7 Å². The van der Waals surface area contributed by atoms with E-state index < -0.39 is 0 Å². The maximum atomic E-state index is 13.2. The monoisotopic (exact) mass is 444 g/mol. The van der Waals surface area contributed by atoms with Gasteiger partial charge in [-0.15, -0.1) is 0 Å². The van der Waals surface area contributed by atoms with Gasteiger partial charge < -0.3 is 19.7 Å². The van der Waals surface area contributed by atoms with Crippen LogP contribution >= 0.6 is 11.6 Å². The molecule has 2 amide bonds. The number of likely N-dealkylation sites (tertiary alicyclic amines) is 1. The van der Waals surface area contributed by atoms with Gasteiger partial charge in [0, 0.05) is 41.7 Å². The van der Waals surface area contributed by atoms with Gasteiger partial charge in [0.15, 0.2) is 11.5 Å². The first-order chi connectivity index (χ1) is 15.0. The molecular weight excluding hydrogens is 416 g/mol. The molecule has 1 heterocycles. The Labute approximate surface area is 188 Å². The van der Waals surface area contributed by atoms with Crippen molar-refractivity contribution in [1.82, 2.24) is 10.2 Å². The van der Waals surface area contributed by atoms with Crippen molar-refractivity contribution in [2.24, 2.45) is 5.92 Å². The van der Waals surface area contributed by atoms with Crippen molar-refractivity contribution < 1.29 is 19.1 Å². The fraction of sp³-hybridized carbons (Fsp3) is 0.417. The summed E-state index contributed by atoms with van der Waals surface area (Å²) in [6, 6.07) is 12.5. The third-order valence-electron chi connectivity index (χ3n) is 5.68. The highest BCUT2D eigenvalue weighted by Crippen LogP contribution is 2.42. The van der Waals surface area contributed by atoms with Crippen LogP contribution in [-0.4, -0.2) is 50.6 Å². The third kappa shape index (κ3) is 5.13. The number of amides is 2. The van der Waals surface area contributed by atoms with Gasteiger partial charge >= 0.3 is 0 Å². The number of hydrogen-bond donors (Lipinski definition) is 1.